The van der Waals surface area contributed by atoms with E-state index in [-0.39, 0.29) is 5.54 Å². The van der Waals surface area contributed by atoms with Gasteiger partial charge in [-0.1, -0.05) is 6.92 Å². The molecule has 0 amide bonds. The molecule has 0 spiro atoms. The molecule has 0 aliphatic rings. The van der Waals surface area contributed by atoms with E-state index in [0.29, 0.717) is 0 Å². The van der Waals surface area contributed by atoms with Crippen molar-refractivity contribution in [2.24, 2.45) is 0 Å². The minimum atomic E-state index is 0.151. The van der Waals surface area contributed by atoms with Crippen LogP contribution in [0, 0.1) is 6.92 Å². The lowest BCUT2D eigenvalue weighted by Crippen LogP contribution is -2.38. The summed E-state index contributed by atoms with van der Waals surface area (Å²) in [5, 5.41) is 3.49. The molecule has 90 valence electrons. The fourth-order valence-electron chi connectivity index (χ4n) is 1.37. The fourth-order valence-corrected chi connectivity index (χ4v) is 1.37. The summed E-state index contributed by atoms with van der Waals surface area (Å²) in [5.41, 5.74) is 2.17. The third-order valence-corrected chi connectivity index (χ3v) is 2.85. The first-order chi connectivity index (χ1) is 7.46. The van der Waals surface area contributed by atoms with E-state index < -0.39 is 0 Å². The average molecular weight is 222 g/mol. The highest BCUT2D eigenvalue weighted by atomic mass is 16.5. The molecule has 3 nitrogen and oxygen atoms in total. The van der Waals surface area contributed by atoms with Gasteiger partial charge in [0.25, 0.3) is 0 Å². The second-order valence-electron chi connectivity index (χ2n) is 4.73. The van der Waals surface area contributed by atoms with Crippen LogP contribution in [0.5, 0.6) is 5.75 Å². The van der Waals surface area contributed by atoms with Crippen molar-refractivity contribution in [2.45, 2.75) is 46.2 Å². The van der Waals surface area contributed by atoms with E-state index in [9.17, 15) is 0 Å². The van der Waals surface area contributed by atoms with Gasteiger partial charge in [0.1, 0.15) is 5.75 Å². The predicted octanol–water partition coefficient (Wildman–Crippen LogP) is 2.68. The molecule has 1 aromatic heterocycles. The Labute approximate surface area is 98.2 Å². The maximum absolute atomic E-state index is 5.23. The first-order valence-corrected chi connectivity index (χ1v) is 5.73. The predicted molar refractivity (Wildman–Crippen MR) is 66.7 cm³/mol. The normalized spacial score (nSPS) is 11.6. The summed E-state index contributed by atoms with van der Waals surface area (Å²) in [5.74, 6) is 0.874. The second kappa shape index (κ2) is 5.30. The Bertz CT molecular complexity index is 348. The summed E-state index contributed by atoms with van der Waals surface area (Å²) < 4.78 is 5.23. The van der Waals surface area contributed by atoms with Gasteiger partial charge in [-0.25, -0.2) is 0 Å². The Morgan fingerprint density at radius 1 is 1.38 bits per heavy atom. The minimum absolute atomic E-state index is 0.151. The summed E-state index contributed by atoms with van der Waals surface area (Å²) in [6.07, 6.45) is 1.09. The van der Waals surface area contributed by atoms with Gasteiger partial charge in [0, 0.05) is 29.9 Å². The van der Waals surface area contributed by atoms with Crippen molar-refractivity contribution in [1.29, 1.82) is 0 Å². The quantitative estimate of drug-likeness (QED) is 0.831. The zero-order chi connectivity index (χ0) is 12.2. The van der Waals surface area contributed by atoms with Crippen molar-refractivity contribution in [3.8, 4) is 5.75 Å². The molecule has 0 aliphatic carbocycles. The lowest BCUT2D eigenvalue weighted by Gasteiger charge is -2.24. The lowest BCUT2D eigenvalue weighted by atomic mass is 10.0. The van der Waals surface area contributed by atoms with Crippen LogP contribution in [0.2, 0.25) is 0 Å². The number of nitrogens with one attached hydrogen (secondary N) is 1. The van der Waals surface area contributed by atoms with Crippen molar-refractivity contribution in [1.82, 2.24) is 10.3 Å². The van der Waals surface area contributed by atoms with Crippen LogP contribution in [0.1, 0.15) is 38.6 Å². The first kappa shape index (κ1) is 13.0. The molecule has 0 unspecified atom stereocenters. The molecule has 1 rings (SSSR count). The smallest absolute Gasteiger partial charge is 0.122 e. The highest BCUT2D eigenvalue weighted by Gasteiger charge is 2.13. The monoisotopic (exact) mass is 222 g/mol. The van der Waals surface area contributed by atoms with Gasteiger partial charge >= 0.3 is 0 Å². The van der Waals surface area contributed by atoms with Gasteiger partial charge in [0.2, 0.25) is 0 Å². The Kier molecular flexibility index (Phi) is 4.30. The minimum Gasteiger partial charge on any atom is -0.497 e. The van der Waals surface area contributed by atoms with Crippen molar-refractivity contribution in [3.63, 3.8) is 0 Å². The van der Waals surface area contributed by atoms with Crippen LogP contribution in [-0.4, -0.2) is 17.6 Å². The maximum atomic E-state index is 5.23. The summed E-state index contributed by atoms with van der Waals surface area (Å²) in [6.45, 7) is 9.33. The van der Waals surface area contributed by atoms with Crippen LogP contribution in [0.3, 0.4) is 0 Å². The highest BCUT2D eigenvalue weighted by molar-refractivity contribution is 5.26. The largest absolute Gasteiger partial charge is 0.497 e. The molecule has 3 heteroatoms. The number of hydrogen-bond acceptors (Lipinski definition) is 3. The van der Waals surface area contributed by atoms with Crippen molar-refractivity contribution < 1.29 is 4.74 Å². The molecule has 0 fully saturated rings. The molecule has 0 aliphatic heterocycles. The van der Waals surface area contributed by atoms with Crippen molar-refractivity contribution in [3.05, 3.63) is 23.5 Å². The van der Waals surface area contributed by atoms with Gasteiger partial charge in [-0.3, -0.25) is 4.98 Å². The molecule has 0 bridgehead atoms. The van der Waals surface area contributed by atoms with Gasteiger partial charge < -0.3 is 10.1 Å². The summed E-state index contributed by atoms with van der Waals surface area (Å²) in [4.78, 5) is 4.48. The number of ether oxygens (including phenoxy) is 1. The molecule has 16 heavy (non-hydrogen) atoms. The van der Waals surface area contributed by atoms with Crippen LogP contribution in [0.4, 0.5) is 0 Å². The van der Waals surface area contributed by atoms with Crippen LogP contribution < -0.4 is 10.1 Å². The number of aromatic nitrogens is 1. The summed E-state index contributed by atoms with van der Waals surface area (Å²) in [7, 11) is 1.68. The highest BCUT2D eigenvalue weighted by Crippen LogP contribution is 2.14. The van der Waals surface area contributed by atoms with Gasteiger partial charge in [0.05, 0.1) is 12.8 Å². The number of rotatable bonds is 5. The van der Waals surface area contributed by atoms with E-state index >= 15 is 0 Å². The lowest BCUT2D eigenvalue weighted by molar-refractivity contribution is 0.370. The van der Waals surface area contributed by atoms with Crippen LogP contribution >= 0.6 is 0 Å². The number of methoxy groups -OCH3 is 1. The Balaban J connectivity index is 2.70. The van der Waals surface area contributed by atoms with Gasteiger partial charge in [0.15, 0.2) is 0 Å². The number of aryl methyl sites for hydroxylation is 1. The fraction of sp³-hybridized carbons (Fsp3) is 0.615. The van der Waals surface area contributed by atoms with Crippen molar-refractivity contribution in [2.75, 3.05) is 7.11 Å². The second-order valence-corrected chi connectivity index (χ2v) is 4.73. The Morgan fingerprint density at radius 3 is 2.62 bits per heavy atom. The standard InChI is InChI=1S/C13H22N2O/c1-6-13(3,4)14-9-11-8-12(16-5)7-10(2)15-11/h7-8,14H,6,9H2,1-5H3. The van der Waals surface area contributed by atoms with Crippen LogP contribution in [0.25, 0.3) is 0 Å². The average Bonchev–Trinajstić information content (AvgIpc) is 2.26. The Morgan fingerprint density at radius 2 is 2.06 bits per heavy atom. The third kappa shape index (κ3) is 3.81. The molecule has 0 atom stereocenters. The van der Waals surface area contributed by atoms with E-state index in [2.05, 4.69) is 31.1 Å². The molecule has 0 aromatic carbocycles. The third-order valence-electron chi connectivity index (χ3n) is 2.85. The molecule has 0 radical (unpaired) electrons. The van der Waals surface area contributed by atoms with Gasteiger partial charge in [-0.15, -0.1) is 0 Å². The molecular formula is C13H22N2O. The topological polar surface area (TPSA) is 34.1 Å². The molecule has 0 saturated carbocycles. The Hall–Kier alpha value is -1.09. The van der Waals surface area contributed by atoms with E-state index in [0.717, 1.165) is 30.1 Å². The molecule has 0 saturated heterocycles. The molecule has 1 heterocycles. The number of hydrogen-bond donors (Lipinski definition) is 1. The van der Waals surface area contributed by atoms with E-state index in [1.165, 1.54) is 0 Å². The molecular weight excluding hydrogens is 200 g/mol. The molecule has 1 N–H and O–H groups in total. The number of pyridine rings is 1. The van der Waals surface area contributed by atoms with Gasteiger partial charge in [-0.2, -0.15) is 0 Å². The van der Waals surface area contributed by atoms with E-state index in [4.69, 9.17) is 4.74 Å². The van der Waals surface area contributed by atoms with Crippen LogP contribution in [0.15, 0.2) is 12.1 Å². The van der Waals surface area contributed by atoms with Crippen molar-refractivity contribution >= 4 is 0 Å². The van der Waals surface area contributed by atoms with Gasteiger partial charge in [-0.05, 0) is 27.2 Å². The summed E-state index contributed by atoms with van der Waals surface area (Å²) >= 11 is 0. The maximum Gasteiger partial charge on any atom is 0.122 e. The number of nitrogens with zero attached hydrogens (tertiary/aromatic N) is 1. The van der Waals surface area contributed by atoms with Crippen LogP contribution in [-0.2, 0) is 6.54 Å². The SMILES string of the molecule is CCC(C)(C)NCc1cc(OC)cc(C)n1. The first-order valence-electron chi connectivity index (χ1n) is 5.73. The zero-order valence-corrected chi connectivity index (χ0v) is 10.9. The molecule has 1 aromatic rings. The zero-order valence-electron chi connectivity index (χ0n) is 10.9. The summed E-state index contributed by atoms with van der Waals surface area (Å²) in [6, 6.07) is 3.92. The van der Waals surface area contributed by atoms with E-state index in [1.807, 2.05) is 19.1 Å². The van der Waals surface area contributed by atoms with E-state index in [1.54, 1.807) is 7.11 Å².